The Kier molecular flexibility index (Phi) is 4.85. The first kappa shape index (κ1) is 18.7. The molecule has 8 nitrogen and oxygen atoms in total. The van der Waals surface area contributed by atoms with E-state index < -0.39 is 6.04 Å². The van der Waals surface area contributed by atoms with Gasteiger partial charge in [0, 0.05) is 70.4 Å². The molecule has 1 aromatic rings. The first-order valence-corrected chi connectivity index (χ1v) is 10.5. The molecule has 3 amide bonds. The van der Waals surface area contributed by atoms with E-state index in [9.17, 15) is 14.4 Å². The highest BCUT2D eigenvalue weighted by Gasteiger charge is 2.39. The van der Waals surface area contributed by atoms with Crippen molar-refractivity contribution in [1.29, 1.82) is 0 Å². The van der Waals surface area contributed by atoms with Gasteiger partial charge in [-0.3, -0.25) is 29.5 Å². The molecule has 1 unspecified atom stereocenters. The minimum Gasteiger partial charge on any atom is -0.322 e. The molecule has 0 spiro atoms. The number of carbonyl (C=O) groups is 3. The zero-order chi connectivity index (χ0) is 20.0. The van der Waals surface area contributed by atoms with Crippen LogP contribution in [-0.4, -0.2) is 83.8 Å². The van der Waals surface area contributed by atoms with E-state index in [1.54, 1.807) is 4.90 Å². The zero-order valence-electron chi connectivity index (χ0n) is 16.5. The summed E-state index contributed by atoms with van der Waals surface area (Å²) >= 11 is 0. The Morgan fingerprint density at radius 1 is 1.07 bits per heavy atom. The number of amides is 3. The van der Waals surface area contributed by atoms with Crippen LogP contribution in [0.3, 0.4) is 0 Å². The van der Waals surface area contributed by atoms with Crippen molar-refractivity contribution in [2.45, 2.75) is 38.0 Å². The van der Waals surface area contributed by atoms with E-state index in [1.807, 2.05) is 12.1 Å². The lowest BCUT2D eigenvalue weighted by molar-refractivity contribution is -0.136. The van der Waals surface area contributed by atoms with Crippen molar-refractivity contribution in [1.82, 2.24) is 25.3 Å². The van der Waals surface area contributed by atoms with Crippen molar-refractivity contribution in [3.05, 3.63) is 34.9 Å². The summed E-state index contributed by atoms with van der Waals surface area (Å²) in [4.78, 5) is 43.1. The molecule has 3 saturated heterocycles. The molecule has 154 valence electrons. The van der Waals surface area contributed by atoms with Crippen LogP contribution in [0.2, 0.25) is 0 Å². The molecular formula is C21H27N5O3. The van der Waals surface area contributed by atoms with Gasteiger partial charge in [-0.2, -0.15) is 0 Å². The molecule has 29 heavy (non-hydrogen) atoms. The molecule has 1 aromatic carbocycles. The molecule has 4 aliphatic rings. The molecule has 2 N–H and O–H groups in total. The Morgan fingerprint density at radius 3 is 2.62 bits per heavy atom. The van der Waals surface area contributed by atoms with Gasteiger partial charge in [0.2, 0.25) is 11.8 Å². The minimum absolute atomic E-state index is 0.0985. The number of piperidine rings is 1. The highest BCUT2D eigenvalue weighted by Crippen LogP contribution is 2.29. The summed E-state index contributed by atoms with van der Waals surface area (Å²) in [7, 11) is 0. The van der Waals surface area contributed by atoms with Crippen molar-refractivity contribution < 1.29 is 14.4 Å². The van der Waals surface area contributed by atoms with Crippen LogP contribution in [-0.2, 0) is 22.7 Å². The second kappa shape index (κ2) is 7.51. The summed E-state index contributed by atoms with van der Waals surface area (Å²) in [6.45, 7) is 7.85. The van der Waals surface area contributed by atoms with Crippen LogP contribution in [0.15, 0.2) is 18.2 Å². The standard InChI is InChI=1S/C21H27N5O3/c27-19-4-3-18(20(28)23-19)26-11-15-2-1-14(9-17(15)21(26)29)10-24-12-16(13-24)25-7-5-22-6-8-25/h1-2,9,16,18,22H,3-8,10-13H2,(H,23,27,28). The van der Waals surface area contributed by atoms with Gasteiger partial charge in [-0.25, -0.2) is 0 Å². The van der Waals surface area contributed by atoms with Gasteiger partial charge >= 0.3 is 0 Å². The van der Waals surface area contributed by atoms with Crippen molar-refractivity contribution in [2.24, 2.45) is 0 Å². The number of hydrogen-bond donors (Lipinski definition) is 2. The number of rotatable bonds is 4. The minimum atomic E-state index is -0.550. The van der Waals surface area contributed by atoms with Gasteiger partial charge in [-0.05, 0) is 23.6 Å². The van der Waals surface area contributed by atoms with Gasteiger partial charge in [0.1, 0.15) is 6.04 Å². The number of hydrogen-bond acceptors (Lipinski definition) is 6. The fourth-order valence-corrected chi connectivity index (χ4v) is 4.91. The SMILES string of the molecule is O=C1CCC(N2Cc3ccc(CN4CC(N5CCNCC5)C4)cc3C2=O)C(=O)N1. The predicted molar refractivity (Wildman–Crippen MR) is 106 cm³/mol. The Bertz CT molecular complexity index is 845. The number of likely N-dealkylation sites (tertiary alicyclic amines) is 1. The number of carbonyl (C=O) groups excluding carboxylic acids is 3. The van der Waals surface area contributed by atoms with Gasteiger partial charge < -0.3 is 10.2 Å². The Labute approximate surface area is 170 Å². The largest absolute Gasteiger partial charge is 0.322 e. The van der Waals surface area contributed by atoms with Crippen molar-refractivity contribution in [3.8, 4) is 0 Å². The molecule has 0 radical (unpaired) electrons. The normalized spacial score (nSPS) is 26.4. The zero-order valence-corrected chi connectivity index (χ0v) is 16.5. The maximum atomic E-state index is 12.9. The van der Waals surface area contributed by atoms with E-state index in [0.29, 0.717) is 24.6 Å². The quantitative estimate of drug-likeness (QED) is 0.669. The van der Waals surface area contributed by atoms with E-state index >= 15 is 0 Å². The highest BCUT2D eigenvalue weighted by molar-refractivity contribution is 6.05. The van der Waals surface area contributed by atoms with Crippen molar-refractivity contribution in [2.75, 3.05) is 39.3 Å². The van der Waals surface area contributed by atoms with Crippen molar-refractivity contribution in [3.63, 3.8) is 0 Å². The molecule has 0 aromatic heterocycles. The smallest absolute Gasteiger partial charge is 0.255 e. The van der Waals surface area contributed by atoms with Crippen molar-refractivity contribution >= 4 is 17.7 Å². The molecular weight excluding hydrogens is 370 g/mol. The maximum absolute atomic E-state index is 12.9. The lowest BCUT2D eigenvalue weighted by Gasteiger charge is -2.47. The topological polar surface area (TPSA) is 85.0 Å². The number of imide groups is 1. The number of fused-ring (bicyclic) bond motifs is 1. The van der Waals surface area contributed by atoms with E-state index in [0.717, 1.165) is 56.9 Å². The van der Waals surface area contributed by atoms with Gasteiger partial charge in [-0.1, -0.05) is 12.1 Å². The number of nitrogens with zero attached hydrogens (tertiary/aromatic N) is 3. The summed E-state index contributed by atoms with van der Waals surface area (Å²) < 4.78 is 0. The molecule has 0 aliphatic carbocycles. The predicted octanol–water partition coefficient (Wildman–Crippen LogP) is -0.463. The van der Waals surface area contributed by atoms with Gasteiger partial charge in [-0.15, -0.1) is 0 Å². The average molecular weight is 397 g/mol. The van der Waals surface area contributed by atoms with Crippen LogP contribution in [0.25, 0.3) is 0 Å². The number of piperazine rings is 1. The molecule has 4 heterocycles. The van der Waals surface area contributed by atoms with Gasteiger partial charge in [0.05, 0.1) is 0 Å². The second-order valence-electron chi connectivity index (χ2n) is 8.53. The maximum Gasteiger partial charge on any atom is 0.255 e. The molecule has 0 saturated carbocycles. The summed E-state index contributed by atoms with van der Waals surface area (Å²) in [6.07, 6.45) is 0.684. The summed E-state index contributed by atoms with van der Waals surface area (Å²) in [5, 5.41) is 5.75. The van der Waals surface area contributed by atoms with Crippen LogP contribution in [0.4, 0.5) is 0 Å². The van der Waals surface area contributed by atoms with E-state index in [2.05, 4.69) is 26.5 Å². The lowest BCUT2D eigenvalue weighted by Crippen LogP contribution is -2.62. The third-order valence-electron chi connectivity index (χ3n) is 6.60. The Morgan fingerprint density at radius 2 is 1.86 bits per heavy atom. The Balaban J connectivity index is 1.21. The highest BCUT2D eigenvalue weighted by atomic mass is 16.2. The first-order chi connectivity index (χ1) is 14.1. The average Bonchev–Trinajstić information content (AvgIpc) is 3.01. The fourth-order valence-electron chi connectivity index (χ4n) is 4.91. The molecule has 8 heteroatoms. The fraction of sp³-hybridized carbons (Fsp3) is 0.571. The van der Waals surface area contributed by atoms with Crippen LogP contribution < -0.4 is 10.6 Å². The van der Waals surface area contributed by atoms with Crippen LogP contribution in [0, 0.1) is 0 Å². The second-order valence-corrected chi connectivity index (χ2v) is 8.53. The molecule has 0 bridgehead atoms. The molecule has 3 fully saturated rings. The summed E-state index contributed by atoms with van der Waals surface area (Å²) in [6, 6.07) is 6.20. The first-order valence-electron chi connectivity index (χ1n) is 10.5. The number of benzene rings is 1. The van der Waals surface area contributed by atoms with Crippen LogP contribution in [0.5, 0.6) is 0 Å². The van der Waals surface area contributed by atoms with Crippen LogP contribution in [0.1, 0.15) is 34.3 Å². The Hall–Kier alpha value is -2.29. The number of nitrogens with one attached hydrogen (secondary N) is 2. The lowest BCUT2D eigenvalue weighted by atomic mass is 10.0. The third-order valence-corrected chi connectivity index (χ3v) is 6.60. The van der Waals surface area contributed by atoms with E-state index in [1.165, 1.54) is 0 Å². The van der Waals surface area contributed by atoms with Crippen LogP contribution >= 0.6 is 0 Å². The van der Waals surface area contributed by atoms with Gasteiger partial charge in [0.15, 0.2) is 0 Å². The summed E-state index contributed by atoms with van der Waals surface area (Å²) in [5.74, 6) is -0.716. The molecule has 1 atom stereocenters. The molecule has 5 rings (SSSR count). The van der Waals surface area contributed by atoms with Gasteiger partial charge in [0.25, 0.3) is 5.91 Å². The molecule has 4 aliphatic heterocycles. The van der Waals surface area contributed by atoms with E-state index in [-0.39, 0.29) is 24.1 Å². The van der Waals surface area contributed by atoms with E-state index in [4.69, 9.17) is 0 Å². The third kappa shape index (κ3) is 3.56. The monoisotopic (exact) mass is 397 g/mol. The summed E-state index contributed by atoms with van der Waals surface area (Å²) in [5.41, 5.74) is 2.80.